The molecular weight excluding hydrogens is 574 g/mol. The first kappa shape index (κ1) is 34.1. The number of carboxylic acid groups (broad SMARTS) is 2. The Kier molecular flexibility index (Phi) is 12.4. The van der Waals surface area contributed by atoms with Crippen molar-refractivity contribution in [1.82, 2.24) is 24.6 Å². The van der Waals surface area contributed by atoms with Crippen molar-refractivity contribution in [3.05, 3.63) is 45.2 Å². The Balaban J connectivity index is 0.000000400. The molecule has 1 aliphatic rings. The number of carbonyl (C=O) groups excluding carboxylic acids is 2. The lowest BCUT2D eigenvalue weighted by atomic mass is 10.0. The molecule has 42 heavy (non-hydrogen) atoms. The summed E-state index contributed by atoms with van der Waals surface area (Å²) in [6.45, 7) is 8.59. The Morgan fingerprint density at radius 3 is 2.21 bits per heavy atom. The summed E-state index contributed by atoms with van der Waals surface area (Å²) in [5, 5.41) is 41.2. The highest BCUT2D eigenvalue weighted by atomic mass is 35.5. The van der Waals surface area contributed by atoms with Crippen LogP contribution in [0.25, 0.3) is 22.3 Å². The van der Waals surface area contributed by atoms with Crippen LogP contribution in [0.1, 0.15) is 26.0 Å². The molecule has 1 unspecified atom stereocenters. The van der Waals surface area contributed by atoms with E-state index < -0.39 is 29.4 Å². The SMILES string of the molecule is CC(O)(CC(=O)O)C(=O)O.CCc1nn(CCN2CCN(C)CC2)c2[nH]c(-c3ccccc3Cl)c(O)c(=O)c12.O=C=O. The fraction of sp³-hybridized carbons (Fsp3) is 0.444. The average Bonchev–Trinajstić information content (AvgIpc) is 3.28. The van der Waals surface area contributed by atoms with Gasteiger partial charge in [-0.05, 0) is 26.5 Å². The molecule has 5 N–H and O–H groups in total. The van der Waals surface area contributed by atoms with Gasteiger partial charge >= 0.3 is 18.1 Å². The largest absolute Gasteiger partial charge is 0.503 e. The number of aliphatic hydroxyl groups is 1. The Labute approximate surface area is 245 Å². The molecule has 15 heteroatoms. The van der Waals surface area contributed by atoms with Gasteiger partial charge < -0.3 is 30.3 Å². The number of aryl methyl sites for hydroxylation is 1. The normalized spacial score (nSPS) is 15.0. The fourth-order valence-electron chi connectivity index (χ4n) is 4.23. The first-order valence-electron chi connectivity index (χ1n) is 12.9. The second kappa shape index (κ2) is 15.2. The molecule has 0 radical (unpaired) electrons. The Morgan fingerprint density at radius 1 is 1.12 bits per heavy atom. The fourth-order valence-corrected chi connectivity index (χ4v) is 4.46. The number of halogens is 1. The van der Waals surface area contributed by atoms with Gasteiger partial charge in [-0.15, -0.1) is 0 Å². The minimum Gasteiger partial charge on any atom is -0.503 e. The number of nitrogens with zero attached hydrogens (tertiary/aromatic N) is 4. The Morgan fingerprint density at radius 2 is 1.71 bits per heavy atom. The topological polar surface area (TPSA) is 206 Å². The second-order valence-electron chi connectivity index (χ2n) is 9.78. The number of hydrogen-bond acceptors (Lipinski definition) is 10. The summed E-state index contributed by atoms with van der Waals surface area (Å²) < 4.78 is 1.85. The van der Waals surface area contributed by atoms with Gasteiger partial charge in [0.1, 0.15) is 5.65 Å². The lowest BCUT2D eigenvalue weighted by Gasteiger charge is -2.32. The summed E-state index contributed by atoms with van der Waals surface area (Å²) in [7, 11) is 2.14. The van der Waals surface area contributed by atoms with Crippen LogP contribution in [0.3, 0.4) is 0 Å². The van der Waals surface area contributed by atoms with Crippen molar-refractivity contribution in [3.63, 3.8) is 0 Å². The Hall–Kier alpha value is -4.07. The zero-order chi connectivity index (χ0) is 31.6. The van der Waals surface area contributed by atoms with Crippen LogP contribution in [-0.2, 0) is 32.1 Å². The zero-order valence-corrected chi connectivity index (χ0v) is 24.2. The number of likely N-dealkylation sites (N-methyl/N-ethyl adjacent to an activating group) is 1. The van der Waals surface area contributed by atoms with E-state index in [2.05, 4.69) is 26.9 Å². The molecule has 1 saturated heterocycles. The molecule has 3 aromatic rings. The number of rotatable bonds is 8. The lowest BCUT2D eigenvalue weighted by molar-refractivity contribution is -0.191. The Bertz CT molecular complexity index is 1490. The van der Waals surface area contributed by atoms with Gasteiger partial charge in [0.25, 0.3) is 0 Å². The highest BCUT2D eigenvalue weighted by Gasteiger charge is 2.32. The molecule has 3 heterocycles. The van der Waals surface area contributed by atoms with Crippen molar-refractivity contribution in [2.45, 2.75) is 38.8 Å². The number of pyridine rings is 1. The summed E-state index contributed by atoms with van der Waals surface area (Å²) in [6, 6.07) is 7.16. The van der Waals surface area contributed by atoms with Crippen molar-refractivity contribution >= 4 is 40.7 Å². The van der Waals surface area contributed by atoms with Gasteiger partial charge in [-0.2, -0.15) is 14.7 Å². The summed E-state index contributed by atoms with van der Waals surface area (Å²) in [6.07, 6.45) is 0.0777. The highest BCUT2D eigenvalue weighted by molar-refractivity contribution is 6.33. The molecule has 4 rings (SSSR count). The van der Waals surface area contributed by atoms with Crippen LogP contribution in [0, 0.1) is 0 Å². The number of aromatic hydroxyl groups is 1. The zero-order valence-electron chi connectivity index (χ0n) is 23.5. The maximum absolute atomic E-state index is 13.0. The van der Waals surface area contributed by atoms with E-state index in [0.717, 1.165) is 39.6 Å². The quantitative estimate of drug-likeness (QED) is 0.245. The molecule has 1 aliphatic heterocycles. The van der Waals surface area contributed by atoms with Gasteiger partial charge in [-0.25, -0.2) is 9.48 Å². The van der Waals surface area contributed by atoms with E-state index in [1.165, 1.54) is 0 Å². The number of nitrogens with one attached hydrogen (secondary N) is 1. The molecule has 1 aromatic carbocycles. The second-order valence-corrected chi connectivity index (χ2v) is 10.2. The van der Waals surface area contributed by atoms with Crippen LogP contribution in [0.15, 0.2) is 29.1 Å². The number of carbonyl (C=O) groups is 2. The van der Waals surface area contributed by atoms with Gasteiger partial charge in [0, 0.05) is 38.3 Å². The van der Waals surface area contributed by atoms with Crippen molar-refractivity contribution in [2.24, 2.45) is 0 Å². The number of aromatic amines is 1. The first-order chi connectivity index (χ1) is 19.8. The van der Waals surface area contributed by atoms with E-state index in [9.17, 15) is 19.5 Å². The summed E-state index contributed by atoms with van der Waals surface area (Å²) in [4.78, 5) is 57.2. The molecule has 1 fully saturated rings. The highest BCUT2D eigenvalue weighted by Crippen LogP contribution is 2.32. The van der Waals surface area contributed by atoms with Gasteiger partial charge in [-0.3, -0.25) is 14.5 Å². The third-order valence-electron chi connectivity index (χ3n) is 6.61. The molecule has 1 atom stereocenters. The van der Waals surface area contributed by atoms with E-state index in [1.54, 1.807) is 12.1 Å². The van der Waals surface area contributed by atoms with Crippen LogP contribution in [0.5, 0.6) is 5.75 Å². The minimum absolute atomic E-state index is 0.250. The smallest absolute Gasteiger partial charge is 0.373 e. The van der Waals surface area contributed by atoms with E-state index in [1.807, 2.05) is 23.7 Å². The molecular formula is C27H34ClN5O9. The summed E-state index contributed by atoms with van der Waals surface area (Å²) in [5.74, 6) is -3.19. The predicted molar refractivity (Wildman–Crippen MR) is 151 cm³/mol. The lowest BCUT2D eigenvalue weighted by Crippen LogP contribution is -2.45. The molecule has 0 spiro atoms. The number of hydrogen-bond donors (Lipinski definition) is 5. The average molecular weight is 608 g/mol. The van der Waals surface area contributed by atoms with E-state index in [-0.39, 0.29) is 11.9 Å². The van der Waals surface area contributed by atoms with E-state index >= 15 is 0 Å². The molecule has 0 amide bonds. The number of aliphatic carboxylic acids is 2. The molecule has 228 valence electrons. The van der Waals surface area contributed by atoms with Gasteiger partial charge in [-0.1, -0.05) is 36.7 Å². The van der Waals surface area contributed by atoms with Gasteiger partial charge in [0.2, 0.25) is 5.43 Å². The maximum Gasteiger partial charge on any atom is 0.373 e. The first-order valence-corrected chi connectivity index (χ1v) is 13.3. The van der Waals surface area contributed by atoms with Gasteiger partial charge in [0.05, 0.1) is 34.8 Å². The summed E-state index contributed by atoms with van der Waals surface area (Å²) in [5.41, 5.74) is -0.316. The third kappa shape index (κ3) is 8.71. The maximum atomic E-state index is 13.0. The van der Waals surface area contributed by atoms with Crippen molar-refractivity contribution in [2.75, 3.05) is 39.8 Å². The number of piperazine rings is 1. The molecule has 0 bridgehead atoms. The van der Waals surface area contributed by atoms with Crippen LogP contribution < -0.4 is 5.43 Å². The minimum atomic E-state index is -2.16. The van der Waals surface area contributed by atoms with Crippen molar-refractivity contribution in [1.29, 1.82) is 0 Å². The number of H-pyrrole nitrogens is 1. The predicted octanol–water partition coefficient (Wildman–Crippen LogP) is 1.27. The number of benzene rings is 1. The molecule has 0 aliphatic carbocycles. The number of fused-ring (bicyclic) bond motifs is 1. The van der Waals surface area contributed by atoms with Gasteiger partial charge in [0.15, 0.2) is 11.4 Å². The van der Waals surface area contributed by atoms with Crippen LogP contribution in [-0.4, -0.2) is 108 Å². The van der Waals surface area contributed by atoms with Crippen LogP contribution >= 0.6 is 11.6 Å². The monoisotopic (exact) mass is 607 g/mol. The van der Waals surface area contributed by atoms with E-state index in [0.29, 0.717) is 46.0 Å². The molecule has 2 aromatic heterocycles. The van der Waals surface area contributed by atoms with Crippen molar-refractivity contribution < 1.29 is 39.6 Å². The van der Waals surface area contributed by atoms with Crippen LogP contribution in [0.2, 0.25) is 5.02 Å². The number of carboxylic acids is 2. The standard InChI is InChI=1S/C21H26ClN5O2.C5H8O5.CO2/c1-3-16-17-19(28)20(29)18(14-6-4-5-7-15(14)22)23-21(17)27(24-16)13-12-26-10-8-25(2)9-11-26;1-5(10,4(8)9)2-3(6)7;2-1-3/h4-7,29H,3,8-13H2,1-2H3,(H,23,28);10H,2H2,1H3,(H,6,7)(H,8,9);. The molecule has 14 nitrogen and oxygen atoms in total. The van der Waals surface area contributed by atoms with Crippen LogP contribution in [0.4, 0.5) is 0 Å². The third-order valence-corrected chi connectivity index (χ3v) is 6.94. The number of aromatic nitrogens is 3. The summed E-state index contributed by atoms with van der Waals surface area (Å²) >= 11 is 6.31. The van der Waals surface area contributed by atoms with Crippen molar-refractivity contribution in [3.8, 4) is 17.0 Å². The molecule has 0 saturated carbocycles. The van der Waals surface area contributed by atoms with E-state index in [4.69, 9.17) is 36.5 Å².